The molecular weight excluding hydrogens is 690 g/mol. The Morgan fingerprint density at radius 2 is 0.623 bits per heavy atom. The van der Waals surface area contributed by atoms with Gasteiger partial charge in [-0.05, 0) is 38.5 Å². The molecule has 4 nitrogen and oxygen atoms in total. The van der Waals surface area contributed by atoms with Gasteiger partial charge in [0.15, 0.2) is 0 Å². The fourth-order valence-corrected chi connectivity index (χ4v) is 14.5. The minimum absolute atomic E-state index is 0.571. The normalized spacial score (nSPS) is 20.2. The van der Waals surface area contributed by atoms with E-state index < -0.39 is 31.8 Å². The van der Waals surface area contributed by atoms with Crippen molar-refractivity contribution in [2.24, 2.45) is 10.8 Å². The molecule has 0 radical (unpaired) electrons. The van der Waals surface area contributed by atoms with Crippen molar-refractivity contribution in [1.82, 2.24) is 0 Å². The van der Waals surface area contributed by atoms with Crippen LogP contribution in [0.2, 0.25) is 0 Å². The third kappa shape index (κ3) is 17.7. The Kier molecular flexibility index (Phi) is 29.0. The zero-order valence-corrected chi connectivity index (χ0v) is 37.5. The van der Waals surface area contributed by atoms with Gasteiger partial charge in [-0.3, -0.25) is 0 Å². The molecule has 0 bridgehead atoms. The molecule has 2 fully saturated rings. The van der Waals surface area contributed by atoms with E-state index in [-0.39, 0.29) is 0 Å². The average molecular weight is 781 g/mol. The average Bonchev–Trinajstić information content (AvgIpc) is 3.14. The molecule has 2 unspecified atom stereocenters. The molecular formula is C47H90O4P2. The van der Waals surface area contributed by atoms with Gasteiger partial charge in [-0.15, -0.1) is 0 Å². The van der Waals surface area contributed by atoms with Crippen LogP contribution >= 0.6 is 16.1 Å². The van der Waals surface area contributed by atoms with Crippen molar-refractivity contribution >= 4 is 16.1 Å². The van der Waals surface area contributed by atoms with Crippen LogP contribution in [-0.2, 0) is 9.13 Å². The maximum Gasteiger partial charge on any atom is 0.368 e. The second-order valence-electron chi connectivity index (χ2n) is 18.3. The summed E-state index contributed by atoms with van der Waals surface area (Å²) >= 11 is 0. The molecule has 312 valence electrons. The Morgan fingerprint density at radius 3 is 0.906 bits per heavy atom. The summed E-state index contributed by atoms with van der Waals surface area (Å²) in [6.07, 6.45) is 50.8. The Bertz CT molecular complexity index is 845. The number of rotatable bonds is 36. The van der Waals surface area contributed by atoms with Gasteiger partial charge in [-0.1, -0.05) is 254 Å². The van der Waals surface area contributed by atoms with Crippen LogP contribution in [0.1, 0.15) is 284 Å². The summed E-state index contributed by atoms with van der Waals surface area (Å²) in [5, 5.41) is 0. The molecule has 0 N–H and O–H groups in total. The molecule has 0 amide bonds. The maximum atomic E-state index is 13.6. The summed E-state index contributed by atoms with van der Waals surface area (Å²) in [4.78, 5) is 25.6. The summed E-state index contributed by atoms with van der Waals surface area (Å²) in [5.74, 6) is 0. The third-order valence-electron chi connectivity index (χ3n) is 14.1. The van der Waals surface area contributed by atoms with Crippen LogP contribution in [0.3, 0.4) is 0 Å². The largest absolute Gasteiger partial charge is 0.592 e. The maximum absolute atomic E-state index is 13.6. The molecule has 2 saturated carbocycles. The molecule has 2 rings (SSSR count). The topological polar surface area (TPSA) is 80.3 Å². The second-order valence-corrected chi connectivity index (χ2v) is 21.0. The Balaban J connectivity index is 1.79. The van der Waals surface area contributed by atoms with E-state index in [9.17, 15) is 18.9 Å². The van der Waals surface area contributed by atoms with Gasteiger partial charge < -0.3 is 9.79 Å². The van der Waals surface area contributed by atoms with E-state index in [4.69, 9.17) is 0 Å². The minimum atomic E-state index is -3.09. The zero-order valence-electron chi connectivity index (χ0n) is 35.7. The highest BCUT2D eigenvalue weighted by Gasteiger charge is 2.80. The van der Waals surface area contributed by atoms with Gasteiger partial charge >= 0.3 is 21.0 Å². The molecule has 53 heavy (non-hydrogen) atoms. The van der Waals surface area contributed by atoms with Crippen molar-refractivity contribution < 1.29 is 18.9 Å². The van der Waals surface area contributed by atoms with E-state index in [1.807, 2.05) is 0 Å². The molecule has 0 aromatic rings. The van der Waals surface area contributed by atoms with E-state index >= 15 is 0 Å². The summed E-state index contributed by atoms with van der Waals surface area (Å²) in [5.41, 5.74) is -1.18. The number of unbranched alkanes of at least 4 members (excludes halogenated alkanes) is 30. The first-order chi connectivity index (χ1) is 25.9. The minimum Gasteiger partial charge on any atom is -0.592 e. The van der Waals surface area contributed by atoms with Crippen molar-refractivity contribution in [3.05, 3.63) is 0 Å². The van der Waals surface area contributed by atoms with E-state index in [2.05, 4.69) is 13.8 Å². The van der Waals surface area contributed by atoms with E-state index in [1.54, 1.807) is 0 Å². The van der Waals surface area contributed by atoms with Crippen LogP contribution < -0.4 is 9.79 Å². The summed E-state index contributed by atoms with van der Waals surface area (Å²) in [7, 11) is -6.17. The van der Waals surface area contributed by atoms with Gasteiger partial charge in [0.1, 0.15) is 0 Å². The van der Waals surface area contributed by atoms with Gasteiger partial charge in [-0.2, -0.15) is 0 Å². The van der Waals surface area contributed by atoms with Crippen molar-refractivity contribution in [2.45, 2.75) is 288 Å². The molecule has 0 saturated heterocycles. The second kappa shape index (κ2) is 31.2. The Morgan fingerprint density at radius 1 is 0.358 bits per heavy atom. The quantitative estimate of drug-likeness (QED) is 0.0468. The van der Waals surface area contributed by atoms with Gasteiger partial charge in [0.2, 0.25) is 0 Å². The fourth-order valence-electron chi connectivity index (χ4n) is 11.1. The Labute approximate surface area is 333 Å². The molecule has 2 atom stereocenters. The van der Waals surface area contributed by atoms with Crippen LogP contribution in [0.25, 0.3) is 0 Å². The lowest BCUT2D eigenvalue weighted by molar-refractivity contribution is -0.198. The third-order valence-corrected chi connectivity index (χ3v) is 18.1. The van der Waals surface area contributed by atoms with Crippen LogP contribution in [0.4, 0.5) is 0 Å². The first-order valence-corrected chi connectivity index (χ1v) is 26.6. The molecule has 0 aliphatic heterocycles. The zero-order chi connectivity index (χ0) is 38.4. The monoisotopic (exact) mass is 781 g/mol. The van der Waals surface area contributed by atoms with E-state index in [1.165, 1.54) is 180 Å². The lowest BCUT2D eigenvalue weighted by Crippen LogP contribution is -2.60. The highest BCUT2D eigenvalue weighted by molar-refractivity contribution is 7.58. The standard InChI is InChI=1S/C47H90O4P2/c1-3-5-7-9-11-13-15-17-19-21-23-25-27-29-31-34-39-45(40-35-32-30-28-26-24-22-20-18-16-14-12-10-8-6-4-2)43-38-44-46(41-36-33-37-42-46)47(45,52(48)49)53(50)51/h3-44H2,1-2H3. The van der Waals surface area contributed by atoms with Gasteiger partial charge in [0, 0.05) is 0 Å². The van der Waals surface area contributed by atoms with Crippen LogP contribution in [0.5, 0.6) is 0 Å². The molecule has 6 heteroatoms. The van der Waals surface area contributed by atoms with Crippen molar-refractivity contribution in [1.29, 1.82) is 0 Å². The predicted octanol–water partition coefficient (Wildman–Crippen LogP) is 16.3. The van der Waals surface area contributed by atoms with Gasteiger partial charge in [0.05, 0.1) is 10.8 Å². The van der Waals surface area contributed by atoms with Gasteiger partial charge in [-0.25, -0.2) is 0 Å². The lowest BCUT2D eigenvalue weighted by Gasteiger charge is -2.54. The van der Waals surface area contributed by atoms with Crippen LogP contribution in [0.15, 0.2) is 0 Å². The predicted molar refractivity (Wildman–Crippen MR) is 228 cm³/mol. The number of hydrogen-bond acceptors (Lipinski definition) is 4. The van der Waals surface area contributed by atoms with Crippen molar-refractivity contribution in [2.75, 3.05) is 0 Å². The highest BCUT2D eigenvalue weighted by atomic mass is 31.2. The lowest BCUT2D eigenvalue weighted by atomic mass is 9.53. The molecule has 1 spiro atoms. The van der Waals surface area contributed by atoms with Crippen molar-refractivity contribution in [3.8, 4) is 0 Å². The van der Waals surface area contributed by atoms with E-state index in [0.717, 1.165) is 89.9 Å². The smallest absolute Gasteiger partial charge is 0.368 e. The fraction of sp³-hybridized carbons (Fsp3) is 1.00. The molecule has 0 heterocycles. The molecule has 2 aliphatic rings. The first kappa shape index (κ1) is 49.3. The van der Waals surface area contributed by atoms with Gasteiger partial charge in [0.25, 0.3) is 0 Å². The molecule has 0 aromatic carbocycles. The van der Waals surface area contributed by atoms with Crippen LogP contribution in [0, 0.1) is 10.8 Å². The summed E-state index contributed by atoms with van der Waals surface area (Å²) in [6.45, 7) is 4.57. The highest BCUT2D eigenvalue weighted by Crippen LogP contribution is 2.77. The molecule has 0 aromatic heterocycles. The SMILES string of the molecule is CCCCCCCCCCCCCCCCCCC1(CCCCCCCCCCCCCCCCCC)CCCC2(CCCCC2)C1([P+](=O)[O-])[P+](=O)[O-]. The van der Waals surface area contributed by atoms with E-state index in [0.29, 0.717) is 0 Å². The molecule has 2 aliphatic carbocycles. The summed E-state index contributed by atoms with van der Waals surface area (Å²) in [6, 6.07) is 0. The van der Waals surface area contributed by atoms with Crippen LogP contribution in [-0.4, -0.2) is 4.90 Å². The summed E-state index contributed by atoms with van der Waals surface area (Å²) < 4.78 is 27.2. The number of hydrogen-bond donors (Lipinski definition) is 0. The first-order valence-electron chi connectivity index (χ1n) is 24.2. The Hall–Kier alpha value is 0.120. The van der Waals surface area contributed by atoms with Crippen molar-refractivity contribution in [3.63, 3.8) is 0 Å².